The summed E-state index contributed by atoms with van der Waals surface area (Å²) in [7, 11) is 0. The van der Waals surface area contributed by atoms with E-state index in [-0.39, 0.29) is 24.2 Å². The highest BCUT2D eigenvalue weighted by Gasteiger charge is 2.56. The monoisotopic (exact) mass is 470 g/mol. The zero-order valence-electron chi connectivity index (χ0n) is 20.1. The second-order valence-corrected chi connectivity index (χ2v) is 9.40. The highest BCUT2D eigenvalue weighted by molar-refractivity contribution is 6.03. The summed E-state index contributed by atoms with van der Waals surface area (Å²) in [5, 5.41) is 20.3. The van der Waals surface area contributed by atoms with Gasteiger partial charge in [-0.2, -0.15) is 5.26 Å². The Morgan fingerprint density at radius 3 is 2.80 bits per heavy atom. The average molecular weight is 471 g/mol. The van der Waals surface area contributed by atoms with E-state index in [9.17, 15) is 14.9 Å². The van der Waals surface area contributed by atoms with Gasteiger partial charge in [0.2, 0.25) is 11.8 Å². The minimum atomic E-state index is -0.918. The first-order valence-electron chi connectivity index (χ1n) is 11.8. The number of carbonyl (C=O) groups is 2. The Bertz CT molecular complexity index is 1260. The maximum absolute atomic E-state index is 13.2. The molecule has 8 nitrogen and oxygen atoms in total. The lowest BCUT2D eigenvalue weighted by atomic mass is 9.83. The highest BCUT2D eigenvalue weighted by atomic mass is 16.2. The molecule has 0 radical (unpaired) electrons. The van der Waals surface area contributed by atoms with Crippen LogP contribution in [0.2, 0.25) is 0 Å². The van der Waals surface area contributed by atoms with E-state index in [1.54, 1.807) is 24.0 Å². The summed E-state index contributed by atoms with van der Waals surface area (Å²) in [5.74, 6) is 0.146. The van der Waals surface area contributed by atoms with Gasteiger partial charge in [-0.15, -0.1) is 0 Å². The number of aryl methyl sites for hydroxylation is 1. The lowest BCUT2D eigenvalue weighted by Crippen LogP contribution is -2.35. The van der Waals surface area contributed by atoms with Gasteiger partial charge in [-0.25, -0.2) is 4.98 Å². The van der Waals surface area contributed by atoms with Crippen LogP contribution in [0.4, 0.5) is 11.5 Å². The van der Waals surface area contributed by atoms with Crippen LogP contribution in [0.5, 0.6) is 0 Å². The highest BCUT2D eigenvalue weighted by Crippen LogP contribution is 2.52. The summed E-state index contributed by atoms with van der Waals surface area (Å²) in [6, 6.07) is 13.4. The van der Waals surface area contributed by atoms with Gasteiger partial charge in [0.1, 0.15) is 11.2 Å². The number of hydrogen-bond acceptors (Lipinski definition) is 6. The van der Waals surface area contributed by atoms with Crippen molar-refractivity contribution in [2.24, 2.45) is 17.1 Å². The molecule has 180 valence electrons. The van der Waals surface area contributed by atoms with Crippen molar-refractivity contribution in [1.29, 1.82) is 10.7 Å². The molecule has 1 saturated heterocycles. The normalized spacial score (nSPS) is 20.0. The Labute approximate surface area is 205 Å². The van der Waals surface area contributed by atoms with Crippen LogP contribution in [0, 0.1) is 35.0 Å². The molecule has 1 atom stereocenters. The predicted octanol–water partition coefficient (Wildman–Crippen LogP) is 3.61. The quantitative estimate of drug-likeness (QED) is 0.506. The van der Waals surface area contributed by atoms with E-state index >= 15 is 0 Å². The molecule has 1 saturated carbocycles. The second kappa shape index (κ2) is 9.80. The van der Waals surface area contributed by atoms with Crippen molar-refractivity contribution >= 4 is 34.6 Å². The number of aromatic nitrogens is 1. The maximum Gasteiger partial charge on any atom is 0.247 e. The summed E-state index contributed by atoms with van der Waals surface area (Å²) < 4.78 is 0. The van der Waals surface area contributed by atoms with Gasteiger partial charge in [-0.05, 0) is 67.9 Å². The molecule has 1 aliphatic carbocycles. The molecule has 2 fully saturated rings. The molecule has 4 rings (SSSR count). The first kappa shape index (κ1) is 24.3. The van der Waals surface area contributed by atoms with Crippen molar-refractivity contribution < 1.29 is 9.59 Å². The van der Waals surface area contributed by atoms with Crippen molar-refractivity contribution in [2.75, 3.05) is 23.3 Å². The third kappa shape index (κ3) is 5.15. The molecular formula is C27H30N6O2. The minimum absolute atomic E-state index is 0.141. The molecule has 35 heavy (non-hydrogen) atoms. The molecule has 0 bridgehead atoms. The molecule has 2 aromatic rings. The molecule has 2 amide bonds. The lowest BCUT2D eigenvalue weighted by molar-refractivity contribution is -0.123. The van der Waals surface area contributed by atoms with Gasteiger partial charge < -0.3 is 21.4 Å². The second-order valence-electron chi connectivity index (χ2n) is 9.40. The maximum atomic E-state index is 13.2. The fraction of sp³-hybridized carbons (Fsp3) is 0.370. The number of hydrogen-bond donors (Lipinski definition) is 3. The molecule has 0 spiro atoms. The smallest absolute Gasteiger partial charge is 0.247 e. The Balaban J connectivity index is 1.49. The Kier molecular flexibility index (Phi) is 6.81. The lowest BCUT2D eigenvalue weighted by Gasteiger charge is -2.21. The topological polar surface area (TPSA) is 136 Å². The molecule has 2 aliphatic rings. The number of carbonyl (C=O) groups excluding carboxylic acids is 2. The molecule has 1 aromatic heterocycles. The number of nitrogens with zero attached hydrogens (tertiary/aromatic N) is 3. The SMILES string of the molecule is CC(=N)/C=C(\CN)c1cccc(CC(=O)Nc2cc(N3CC[C@@](C#N)(C4CC4)C3=O)cc(C)n2)c1. The first-order chi connectivity index (χ1) is 16.8. The molecule has 1 aliphatic heterocycles. The molecule has 2 heterocycles. The zero-order chi connectivity index (χ0) is 25.2. The first-order valence-corrected chi connectivity index (χ1v) is 11.8. The van der Waals surface area contributed by atoms with E-state index in [1.807, 2.05) is 37.3 Å². The summed E-state index contributed by atoms with van der Waals surface area (Å²) in [5.41, 5.74) is 9.19. The van der Waals surface area contributed by atoms with E-state index in [1.165, 1.54) is 0 Å². The number of pyridine rings is 1. The van der Waals surface area contributed by atoms with Crippen LogP contribution in [0.15, 0.2) is 42.5 Å². The number of anilines is 2. The number of benzene rings is 1. The van der Waals surface area contributed by atoms with Gasteiger partial charge in [-0.3, -0.25) is 9.59 Å². The van der Waals surface area contributed by atoms with Crippen molar-refractivity contribution in [1.82, 2.24) is 4.98 Å². The van der Waals surface area contributed by atoms with Gasteiger partial charge in [0.25, 0.3) is 0 Å². The van der Waals surface area contributed by atoms with Gasteiger partial charge >= 0.3 is 0 Å². The molecular weight excluding hydrogens is 440 g/mol. The number of nitriles is 1. The number of nitrogens with one attached hydrogen (secondary N) is 2. The van der Waals surface area contributed by atoms with Crippen LogP contribution in [0.1, 0.15) is 43.0 Å². The Morgan fingerprint density at radius 2 is 2.14 bits per heavy atom. The van der Waals surface area contributed by atoms with Crippen LogP contribution >= 0.6 is 0 Å². The van der Waals surface area contributed by atoms with Crippen LogP contribution < -0.4 is 16.0 Å². The minimum Gasteiger partial charge on any atom is -0.326 e. The van der Waals surface area contributed by atoms with E-state index in [0.29, 0.717) is 42.4 Å². The molecule has 4 N–H and O–H groups in total. The number of amides is 2. The van der Waals surface area contributed by atoms with E-state index < -0.39 is 5.41 Å². The van der Waals surface area contributed by atoms with Crippen LogP contribution in [0.3, 0.4) is 0 Å². The molecule has 8 heteroatoms. The van der Waals surface area contributed by atoms with E-state index in [4.69, 9.17) is 11.1 Å². The van der Waals surface area contributed by atoms with Crippen molar-refractivity contribution in [2.45, 2.75) is 39.5 Å². The zero-order valence-corrected chi connectivity index (χ0v) is 20.1. The fourth-order valence-corrected chi connectivity index (χ4v) is 4.78. The van der Waals surface area contributed by atoms with Gasteiger partial charge in [0.05, 0.1) is 12.5 Å². The summed E-state index contributed by atoms with van der Waals surface area (Å²) >= 11 is 0. The van der Waals surface area contributed by atoms with Crippen LogP contribution in [-0.2, 0) is 16.0 Å². The Morgan fingerprint density at radius 1 is 1.37 bits per heavy atom. The summed E-state index contributed by atoms with van der Waals surface area (Å²) in [4.78, 5) is 32.1. The third-order valence-corrected chi connectivity index (χ3v) is 6.62. The number of nitrogens with two attached hydrogens (primary N) is 1. The van der Waals surface area contributed by atoms with E-state index in [2.05, 4.69) is 16.4 Å². The summed E-state index contributed by atoms with van der Waals surface area (Å²) in [6.45, 7) is 4.29. The predicted molar refractivity (Wildman–Crippen MR) is 136 cm³/mol. The van der Waals surface area contributed by atoms with Crippen molar-refractivity contribution in [3.63, 3.8) is 0 Å². The van der Waals surface area contributed by atoms with Gasteiger partial charge in [-0.1, -0.05) is 24.3 Å². The van der Waals surface area contributed by atoms with E-state index in [0.717, 1.165) is 29.5 Å². The third-order valence-electron chi connectivity index (χ3n) is 6.62. The molecule has 1 aromatic carbocycles. The average Bonchev–Trinajstić information content (AvgIpc) is 3.60. The summed E-state index contributed by atoms with van der Waals surface area (Å²) in [6.07, 6.45) is 4.25. The van der Waals surface area contributed by atoms with Gasteiger partial charge in [0.15, 0.2) is 0 Å². The van der Waals surface area contributed by atoms with Gasteiger partial charge in [0, 0.05) is 36.2 Å². The van der Waals surface area contributed by atoms with Crippen LogP contribution in [0.25, 0.3) is 5.57 Å². The fourth-order valence-electron chi connectivity index (χ4n) is 4.78. The Hall–Kier alpha value is -3.83. The standard InChI is InChI=1S/C27H30N6O2/c1-17(30)10-21(15-28)20-5-3-4-19(12-20)13-25(34)32-24-14-23(11-18(2)31-24)33-9-8-27(16-29,26(33)35)22-6-7-22/h3-5,10-12,14,22,30H,6-9,13,15,28H2,1-2H3,(H,31,32,34)/b21-10+,30-17?/t27-/m1/s1. The van der Waals surface area contributed by atoms with Crippen molar-refractivity contribution in [3.05, 3.63) is 59.3 Å². The largest absolute Gasteiger partial charge is 0.326 e. The molecule has 0 unspecified atom stereocenters. The van der Waals surface area contributed by atoms with Crippen molar-refractivity contribution in [3.8, 4) is 6.07 Å². The van der Waals surface area contributed by atoms with Crippen LogP contribution in [-0.4, -0.2) is 35.6 Å². The number of allylic oxidation sites excluding steroid dienone is 1. The number of rotatable bonds is 8.